The Morgan fingerprint density at radius 1 is 1.43 bits per heavy atom. The average molecular weight is 305 g/mol. The minimum atomic E-state index is -0.466. The van der Waals surface area contributed by atoms with Gasteiger partial charge in [0.15, 0.2) is 5.69 Å². The fourth-order valence-electron chi connectivity index (χ4n) is 2.09. The van der Waals surface area contributed by atoms with E-state index in [1.54, 1.807) is 17.8 Å². The zero-order valence-corrected chi connectivity index (χ0v) is 12.1. The maximum absolute atomic E-state index is 11.5. The highest BCUT2D eigenvalue weighted by molar-refractivity contribution is 6.31. The molecule has 21 heavy (non-hydrogen) atoms. The topological polar surface area (TPSA) is 72.8 Å². The third-order valence-electron chi connectivity index (χ3n) is 3.00. The summed E-state index contributed by atoms with van der Waals surface area (Å²) in [7, 11) is 0. The molecule has 108 valence electrons. The number of carbonyl (C=O) groups is 1. The normalized spacial score (nSPS) is 11.0. The number of ether oxygens (including phenoxy) is 1. The van der Waals surface area contributed by atoms with Crippen LogP contribution < -0.4 is 0 Å². The van der Waals surface area contributed by atoms with Gasteiger partial charge in [0.05, 0.1) is 19.3 Å². The first-order valence-corrected chi connectivity index (χ1v) is 6.88. The number of halogens is 1. The van der Waals surface area contributed by atoms with Gasteiger partial charge in [0.2, 0.25) is 0 Å². The van der Waals surface area contributed by atoms with Crippen molar-refractivity contribution in [2.75, 3.05) is 6.61 Å². The number of benzene rings is 1. The van der Waals surface area contributed by atoms with E-state index in [9.17, 15) is 4.79 Å². The summed E-state index contributed by atoms with van der Waals surface area (Å²) < 4.78 is 6.46. The molecular formula is C14H13ClN4O2. The number of rotatable bonds is 4. The third kappa shape index (κ3) is 2.90. The molecule has 0 spiro atoms. The third-order valence-corrected chi connectivity index (χ3v) is 3.23. The van der Waals surface area contributed by atoms with E-state index in [0.29, 0.717) is 18.2 Å². The number of esters is 1. The molecule has 0 bridgehead atoms. The fourth-order valence-corrected chi connectivity index (χ4v) is 2.27. The summed E-state index contributed by atoms with van der Waals surface area (Å²) in [4.78, 5) is 14.8. The van der Waals surface area contributed by atoms with E-state index in [0.717, 1.165) is 16.6 Å². The van der Waals surface area contributed by atoms with Crippen LogP contribution in [-0.4, -0.2) is 32.6 Å². The van der Waals surface area contributed by atoms with Crippen LogP contribution >= 0.6 is 11.6 Å². The Morgan fingerprint density at radius 3 is 3.10 bits per heavy atom. The zero-order chi connectivity index (χ0) is 14.8. The van der Waals surface area contributed by atoms with Crippen LogP contribution in [0.15, 0.2) is 30.5 Å². The second-order valence-corrected chi connectivity index (χ2v) is 4.98. The molecule has 6 nitrogen and oxygen atoms in total. The molecule has 0 atom stereocenters. The number of H-pyrrole nitrogens is 1. The summed E-state index contributed by atoms with van der Waals surface area (Å²) in [6.07, 6.45) is 1.57. The second-order valence-electron chi connectivity index (χ2n) is 4.55. The lowest BCUT2D eigenvalue weighted by Gasteiger charge is -1.97. The number of hydrogen-bond acceptors (Lipinski definition) is 4. The van der Waals surface area contributed by atoms with E-state index < -0.39 is 5.97 Å². The lowest BCUT2D eigenvalue weighted by Crippen LogP contribution is -2.05. The maximum Gasteiger partial charge on any atom is 0.360 e. The number of aromatic nitrogens is 4. The first-order chi connectivity index (χ1) is 10.2. The molecule has 2 heterocycles. The number of hydrogen-bond donors (Lipinski definition) is 1. The van der Waals surface area contributed by atoms with Gasteiger partial charge in [-0.15, -0.1) is 5.10 Å². The number of nitrogens with one attached hydrogen (secondary N) is 1. The van der Waals surface area contributed by atoms with Crippen LogP contribution in [0, 0.1) is 0 Å². The Bertz CT molecular complexity index is 793. The quantitative estimate of drug-likeness (QED) is 0.752. The molecule has 0 saturated heterocycles. The molecule has 0 aliphatic rings. The van der Waals surface area contributed by atoms with Gasteiger partial charge in [-0.3, -0.25) is 0 Å². The Labute approximate surface area is 125 Å². The van der Waals surface area contributed by atoms with Crippen molar-refractivity contribution >= 4 is 28.5 Å². The first-order valence-electron chi connectivity index (χ1n) is 6.50. The summed E-state index contributed by atoms with van der Waals surface area (Å²) in [6, 6.07) is 7.67. The molecule has 0 radical (unpaired) electrons. The molecule has 3 rings (SSSR count). The highest BCUT2D eigenvalue weighted by atomic mass is 35.5. The minimum Gasteiger partial charge on any atom is -0.461 e. The summed E-state index contributed by atoms with van der Waals surface area (Å²) >= 11 is 5.96. The molecule has 1 N–H and O–H groups in total. The van der Waals surface area contributed by atoms with Crippen molar-refractivity contribution in [2.45, 2.75) is 13.5 Å². The molecular weight excluding hydrogens is 292 g/mol. The van der Waals surface area contributed by atoms with Gasteiger partial charge in [-0.2, -0.15) is 0 Å². The van der Waals surface area contributed by atoms with Gasteiger partial charge in [-0.25, -0.2) is 9.48 Å². The predicted molar refractivity (Wildman–Crippen MR) is 78.4 cm³/mol. The van der Waals surface area contributed by atoms with Gasteiger partial charge >= 0.3 is 5.97 Å². The highest BCUT2D eigenvalue weighted by Crippen LogP contribution is 2.20. The largest absolute Gasteiger partial charge is 0.461 e. The lowest BCUT2D eigenvalue weighted by atomic mass is 10.2. The van der Waals surface area contributed by atoms with Crippen molar-refractivity contribution < 1.29 is 9.53 Å². The Balaban J connectivity index is 1.80. The van der Waals surface area contributed by atoms with E-state index in [1.165, 1.54) is 0 Å². The van der Waals surface area contributed by atoms with E-state index in [4.69, 9.17) is 16.3 Å². The van der Waals surface area contributed by atoms with Gasteiger partial charge in [0, 0.05) is 16.2 Å². The van der Waals surface area contributed by atoms with Crippen molar-refractivity contribution in [1.29, 1.82) is 0 Å². The smallest absolute Gasteiger partial charge is 0.360 e. The molecule has 1 aromatic carbocycles. The van der Waals surface area contributed by atoms with Gasteiger partial charge in [0.25, 0.3) is 0 Å². The van der Waals surface area contributed by atoms with E-state index in [-0.39, 0.29) is 5.69 Å². The summed E-state index contributed by atoms with van der Waals surface area (Å²) in [5.41, 5.74) is 2.12. The molecule has 3 aromatic rings. The fraction of sp³-hybridized carbons (Fsp3) is 0.214. The van der Waals surface area contributed by atoms with Crippen LogP contribution in [0.25, 0.3) is 10.9 Å². The molecule has 0 saturated carbocycles. The van der Waals surface area contributed by atoms with Crippen LogP contribution in [0.3, 0.4) is 0 Å². The molecule has 0 aliphatic carbocycles. The number of fused-ring (bicyclic) bond motifs is 1. The lowest BCUT2D eigenvalue weighted by molar-refractivity contribution is 0.0519. The van der Waals surface area contributed by atoms with Gasteiger partial charge in [-0.05, 0) is 30.5 Å². The van der Waals surface area contributed by atoms with E-state index in [2.05, 4.69) is 15.3 Å². The van der Waals surface area contributed by atoms with Crippen LogP contribution in [0.2, 0.25) is 5.02 Å². The maximum atomic E-state index is 11.5. The SMILES string of the molecule is CCOC(=O)c1cn(Cc2cc3ccc(Cl)cc3[nH]2)nn1. The minimum absolute atomic E-state index is 0.205. The highest BCUT2D eigenvalue weighted by Gasteiger charge is 2.12. The van der Waals surface area contributed by atoms with Crippen LogP contribution in [0.1, 0.15) is 23.1 Å². The van der Waals surface area contributed by atoms with Crippen molar-refractivity contribution in [2.24, 2.45) is 0 Å². The molecule has 2 aromatic heterocycles. The number of aromatic amines is 1. The standard InChI is InChI=1S/C14H13ClN4O2/c1-2-21-14(20)13-8-19(18-17-13)7-11-5-9-3-4-10(15)6-12(9)16-11/h3-6,8,16H,2,7H2,1H3. The molecule has 0 fully saturated rings. The van der Waals surface area contributed by atoms with Gasteiger partial charge in [-0.1, -0.05) is 22.9 Å². The zero-order valence-electron chi connectivity index (χ0n) is 11.3. The summed E-state index contributed by atoms with van der Waals surface area (Å²) in [6.45, 7) is 2.55. The monoisotopic (exact) mass is 304 g/mol. The van der Waals surface area contributed by atoms with Crippen LogP contribution in [0.4, 0.5) is 0 Å². The summed E-state index contributed by atoms with van der Waals surface area (Å²) in [5.74, 6) is -0.466. The molecule has 0 aliphatic heterocycles. The molecule has 7 heteroatoms. The van der Waals surface area contributed by atoms with Gasteiger partial charge < -0.3 is 9.72 Å². The first kappa shape index (κ1) is 13.6. The predicted octanol–water partition coefficient (Wildman–Crippen LogP) is 2.64. The summed E-state index contributed by atoms with van der Waals surface area (Å²) in [5, 5.41) is 9.48. The number of nitrogens with zero attached hydrogens (tertiary/aromatic N) is 3. The van der Waals surface area contributed by atoms with Crippen molar-refractivity contribution in [3.05, 3.63) is 46.9 Å². The average Bonchev–Trinajstić information content (AvgIpc) is 3.05. The Morgan fingerprint density at radius 2 is 2.29 bits per heavy atom. The van der Waals surface area contributed by atoms with E-state index >= 15 is 0 Å². The van der Waals surface area contributed by atoms with Crippen LogP contribution in [-0.2, 0) is 11.3 Å². The van der Waals surface area contributed by atoms with Crippen molar-refractivity contribution in [3.8, 4) is 0 Å². The Kier molecular flexibility index (Phi) is 3.62. The van der Waals surface area contributed by atoms with Crippen molar-refractivity contribution in [3.63, 3.8) is 0 Å². The molecule has 0 amide bonds. The van der Waals surface area contributed by atoms with Crippen molar-refractivity contribution in [1.82, 2.24) is 20.0 Å². The van der Waals surface area contributed by atoms with Crippen LogP contribution in [0.5, 0.6) is 0 Å². The van der Waals surface area contributed by atoms with Gasteiger partial charge in [0.1, 0.15) is 0 Å². The molecule has 0 unspecified atom stereocenters. The Hall–Kier alpha value is -2.34. The van der Waals surface area contributed by atoms with E-state index in [1.807, 2.05) is 24.3 Å². The number of carbonyl (C=O) groups excluding carboxylic acids is 1. The second kappa shape index (κ2) is 5.57.